The predicted molar refractivity (Wildman–Crippen MR) is 403 cm³/mol. The van der Waals surface area contributed by atoms with Gasteiger partial charge in [-0.25, -0.2) is 0 Å². The lowest BCUT2D eigenvalue weighted by Gasteiger charge is -2.15. The largest absolute Gasteiger partial charge is 0.334 e. The minimum atomic E-state index is 0.511. The number of aromatic nitrogens is 9. The van der Waals surface area contributed by atoms with Gasteiger partial charge < -0.3 is 27.3 Å². The molecule has 0 amide bonds. The SMILES string of the molecule is Cc1c(-c2nc(-c3ccccc3)no2)ccc(-n2c3ccccc3c3ccccc32)c1C.c1ccc2c(-c3noc(-c4ccc(-n5c6ccccc6c6ccccc65)cc4)n3)cccc2c1.c1ccc2cc(-c3noc(-c4ccc(-n5c6ccccc6c6ccccc65)cc4)n3)ccc2c1. The molecule has 100 heavy (non-hydrogen) atoms. The van der Waals surface area contributed by atoms with Crippen LogP contribution in [0, 0.1) is 13.8 Å². The summed E-state index contributed by atoms with van der Waals surface area (Å²) in [6.07, 6.45) is 0. The number of benzene rings is 14. The second-order valence-electron chi connectivity index (χ2n) is 24.8. The monoisotopic (exact) mass is 1290 g/mol. The normalized spacial score (nSPS) is 11.5. The lowest BCUT2D eigenvalue weighted by atomic mass is 10.0. The van der Waals surface area contributed by atoms with Crippen LogP contribution in [0.1, 0.15) is 11.1 Å². The highest BCUT2D eigenvalue weighted by Crippen LogP contribution is 2.39. The van der Waals surface area contributed by atoms with Gasteiger partial charge in [-0.1, -0.05) is 234 Å². The Kier molecular flexibility index (Phi) is 14.7. The molecule has 6 aromatic heterocycles. The number of fused-ring (bicyclic) bond motifs is 11. The quantitative estimate of drug-likeness (QED) is 0.139. The summed E-state index contributed by atoms with van der Waals surface area (Å²) < 4.78 is 23.9. The Balaban J connectivity index is 0.000000108. The maximum absolute atomic E-state index is 5.66. The molecule has 0 atom stereocenters. The number of nitrogens with zero attached hydrogens (tertiary/aromatic N) is 9. The molecular weight excluding hydrogens is 1230 g/mol. The van der Waals surface area contributed by atoms with Gasteiger partial charge in [-0.05, 0) is 150 Å². The molecule has 0 unspecified atom stereocenters. The number of hydrogen-bond acceptors (Lipinski definition) is 9. The molecule has 20 aromatic rings. The Hall–Kier alpha value is -13.6. The molecule has 0 fully saturated rings. The van der Waals surface area contributed by atoms with Crippen LogP contribution in [-0.2, 0) is 0 Å². The highest BCUT2D eigenvalue weighted by molar-refractivity contribution is 6.11. The summed E-state index contributed by atoms with van der Waals surface area (Å²) in [6.45, 7) is 4.28. The first-order chi connectivity index (χ1) is 49.4. The van der Waals surface area contributed by atoms with Crippen LogP contribution in [-0.4, -0.2) is 44.1 Å². The van der Waals surface area contributed by atoms with Crippen LogP contribution in [0.25, 0.3) is 173 Å². The van der Waals surface area contributed by atoms with E-state index in [1.165, 1.54) is 76.4 Å². The standard InChI is InChI=1S/2C30H19N3O.C28H21N3O/c1-2-10-23-20(8-1)9-7-13-26(23)29-31-30(34-32-29)21-16-18-22(19-17-21)33-27-14-5-3-11-24(27)25-12-4-6-15-28(25)33;1-2-8-22-19-23(14-13-20(22)7-1)29-31-30(34-32-29)21-15-17-24(18-16-21)33-27-11-5-3-9-25(27)26-10-4-6-12-28(26)33;1-18-19(2)24(31-25-14-8-6-12-22(25)23-13-7-9-15-26(23)31)17-16-21(18)28-29-27(30-32-28)20-10-4-3-5-11-20/h2*1-19H;3-17H,1-2H3. The second-order valence-corrected chi connectivity index (χ2v) is 24.8. The highest BCUT2D eigenvalue weighted by Gasteiger charge is 2.21. The van der Waals surface area contributed by atoms with Crippen molar-refractivity contribution >= 4 is 87.0 Å². The van der Waals surface area contributed by atoms with Gasteiger partial charge in [0.25, 0.3) is 17.7 Å². The van der Waals surface area contributed by atoms with Crippen molar-refractivity contribution in [2.75, 3.05) is 0 Å². The van der Waals surface area contributed by atoms with Crippen LogP contribution in [0.3, 0.4) is 0 Å². The first-order valence-electron chi connectivity index (χ1n) is 33.2. The number of rotatable bonds is 9. The molecule has 0 bridgehead atoms. The van der Waals surface area contributed by atoms with E-state index in [0.29, 0.717) is 35.1 Å². The van der Waals surface area contributed by atoms with Gasteiger partial charge in [0, 0.05) is 82.8 Å². The molecule has 20 rings (SSSR count). The Bertz CT molecular complexity index is 6280. The van der Waals surface area contributed by atoms with Gasteiger partial charge in [0.05, 0.1) is 33.1 Å². The Morgan fingerprint density at radius 3 is 1.14 bits per heavy atom. The summed E-state index contributed by atoms with van der Waals surface area (Å²) in [5.41, 5.74) is 18.4. The van der Waals surface area contributed by atoms with E-state index >= 15 is 0 Å². The molecule has 6 heterocycles. The Morgan fingerprint density at radius 1 is 0.240 bits per heavy atom. The third-order valence-corrected chi connectivity index (χ3v) is 19.1. The summed E-state index contributed by atoms with van der Waals surface area (Å²) in [6, 6.07) is 111. The molecule has 0 aliphatic rings. The van der Waals surface area contributed by atoms with E-state index in [9.17, 15) is 0 Å². The van der Waals surface area contributed by atoms with Gasteiger partial charge in [0.15, 0.2) is 0 Å². The summed E-state index contributed by atoms with van der Waals surface area (Å²) in [4.78, 5) is 14.0. The molecule has 12 heteroatoms. The molecule has 0 aliphatic carbocycles. The maximum atomic E-state index is 5.66. The molecule has 0 saturated heterocycles. The van der Waals surface area contributed by atoms with Crippen molar-refractivity contribution in [1.82, 2.24) is 44.1 Å². The fourth-order valence-corrected chi connectivity index (χ4v) is 14.1. The van der Waals surface area contributed by atoms with Crippen molar-refractivity contribution in [3.05, 3.63) is 333 Å². The fourth-order valence-electron chi connectivity index (χ4n) is 14.1. The molecule has 0 saturated carbocycles. The topological polar surface area (TPSA) is 132 Å². The molecule has 0 spiro atoms. The van der Waals surface area contributed by atoms with E-state index in [1.54, 1.807) is 0 Å². The van der Waals surface area contributed by atoms with E-state index in [2.05, 4.69) is 277 Å². The smallest absolute Gasteiger partial charge is 0.258 e. The molecule has 12 nitrogen and oxygen atoms in total. The zero-order valence-corrected chi connectivity index (χ0v) is 54.3. The van der Waals surface area contributed by atoms with E-state index in [-0.39, 0.29) is 0 Å². The Labute approximate surface area is 573 Å². The van der Waals surface area contributed by atoms with Gasteiger partial charge in [0.2, 0.25) is 17.5 Å². The summed E-state index contributed by atoms with van der Waals surface area (Å²) in [5, 5.41) is 24.8. The van der Waals surface area contributed by atoms with Gasteiger partial charge >= 0.3 is 0 Å². The molecule has 14 aromatic carbocycles. The molecule has 0 aliphatic heterocycles. The van der Waals surface area contributed by atoms with Crippen LogP contribution >= 0.6 is 0 Å². The van der Waals surface area contributed by atoms with Crippen molar-refractivity contribution < 1.29 is 13.6 Å². The van der Waals surface area contributed by atoms with Crippen LogP contribution in [0.15, 0.2) is 335 Å². The van der Waals surface area contributed by atoms with Crippen molar-refractivity contribution in [1.29, 1.82) is 0 Å². The minimum absolute atomic E-state index is 0.511. The lowest BCUT2D eigenvalue weighted by molar-refractivity contribution is 0.432. The van der Waals surface area contributed by atoms with Crippen molar-refractivity contribution in [2.24, 2.45) is 0 Å². The first-order valence-corrected chi connectivity index (χ1v) is 33.2. The van der Waals surface area contributed by atoms with Crippen LogP contribution in [0.4, 0.5) is 0 Å². The average molecular weight is 1290 g/mol. The van der Waals surface area contributed by atoms with E-state index < -0.39 is 0 Å². The zero-order valence-electron chi connectivity index (χ0n) is 54.3. The zero-order chi connectivity index (χ0) is 66.6. The Morgan fingerprint density at radius 2 is 0.620 bits per heavy atom. The van der Waals surface area contributed by atoms with Gasteiger partial charge in [-0.15, -0.1) is 0 Å². The van der Waals surface area contributed by atoms with E-state index in [1.807, 2.05) is 97.1 Å². The van der Waals surface area contributed by atoms with Crippen LogP contribution < -0.4 is 0 Å². The first kappa shape index (κ1) is 59.0. The average Bonchev–Trinajstić information content (AvgIpc) is 1.60. The molecular formula is C88H59N9O3. The predicted octanol–water partition coefficient (Wildman–Crippen LogP) is 22.4. The molecule has 0 N–H and O–H groups in total. The summed E-state index contributed by atoms with van der Waals surface area (Å²) in [5.74, 6) is 3.35. The lowest BCUT2D eigenvalue weighted by Crippen LogP contribution is -2.00. The van der Waals surface area contributed by atoms with Crippen molar-refractivity contribution in [2.45, 2.75) is 13.8 Å². The number of hydrogen-bond donors (Lipinski definition) is 0. The molecule has 474 valence electrons. The molecule has 0 radical (unpaired) electrons. The van der Waals surface area contributed by atoms with Crippen LogP contribution in [0.2, 0.25) is 0 Å². The summed E-state index contributed by atoms with van der Waals surface area (Å²) in [7, 11) is 0. The van der Waals surface area contributed by atoms with Gasteiger partial charge in [0.1, 0.15) is 0 Å². The highest BCUT2D eigenvalue weighted by atomic mass is 16.5. The van der Waals surface area contributed by atoms with E-state index in [0.717, 1.165) is 72.2 Å². The van der Waals surface area contributed by atoms with Crippen LogP contribution in [0.5, 0.6) is 0 Å². The van der Waals surface area contributed by atoms with E-state index in [4.69, 9.17) is 18.6 Å². The third-order valence-electron chi connectivity index (χ3n) is 19.1. The van der Waals surface area contributed by atoms with Crippen molar-refractivity contribution in [3.8, 4) is 85.6 Å². The van der Waals surface area contributed by atoms with Crippen molar-refractivity contribution in [3.63, 3.8) is 0 Å². The third kappa shape index (κ3) is 10.4. The van der Waals surface area contributed by atoms with Gasteiger partial charge in [-0.2, -0.15) is 15.0 Å². The van der Waals surface area contributed by atoms with Gasteiger partial charge in [-0.3, -0.25) is 0 Å². The maximum Gasteiger partial charge on any atom is 0.258 e. The second kappa shape index (κ2) is 24.9. The summed E-state index contributed by atoms with van der Waals surface area (Å²) >= 11 is 0. The number of para-hydroxylation sites is 6. The fraction of sp³-hybridized carbons (Fsp3) is 0.0227. The minimum Gasteiger partial charge on any atom is -0.334 e.